The van der Waals surface area contributed by atoms with Gasteiger partial charge < -0.3 is 4.74 Å². The highest BCUT2D eigenvalue weighted by atomic mass is 32.2. The molecule has 0 unspecified atom stereocenters. The van der Waals surface area contributed by atoms with E-state index in [0.29, 0.717) is 0 Å². The van der Waals surface area contributed by atoms with Gasteiger partial charge in [0.15, 0.2) is 0 Å². The maximum atomic E-state index is 12.1. The van der Waals surface area contributed by atoms with Crippen molar-refractivity contribution in [2.24, 2.45) is 5.92 Å². The molecule has 11 heteroatoms. The van der Waals surface area contributed by atoms with Crippen LogP contribution in [0.1, 0.15) is 12.8 Å². The van der Waals surface area contributed by atoms with E-state index in [-0.39, 0.29) is 29.0 Å². The van der Waals surface area contributed by atoms with E-state index >= 15 is 0 Å². The molecule has 10 nitrogen and oxygen atoms in total. The van der Waals surface area contributed by atoms with E-state index in [4.69, 9.17) is 8.92 Å². The predicted molar refractivity (Wildman–Crippen MR) is 80.9 cm³/mol. The fraction of sp³-hybridized carbons (Fsp3) is 0.429. The zero-order valence-corrected chi connectivity index (χ0v) is 13.7. The Morgan fingerprint density at radius 1 is 1.32 bits per heavy atom. The number of ether oxygens (including phenoxy) is 1. The molecule has 0 N–H and O–H groups in total. The largest absolute Gasteiger partial charge is 0.441 e. The summed E-state index contributed by atoms with van der Waals surface area (Å²) in [5, 5.41) is 10.6. The fourth-order valence-corrected chi connectivity index (χ4v) is 3.24. The van der Waals surface area contributed by atoms with Crippen LogP contribution in [0.2, 0.25) is 0 Å². The number of hydrogen-bond acceptors (Lipinski definition) is 8. The van der Waals surface area contributed by atoms with Gasteiger partial charge in [0.1, 0.15) is 12.7 Å². The van der Waals surface area contributed by atoms with E-state index in [0.717, 1.165) is 42.0 Å². The molecule has 2 fully saturated rings. The zero-order chi connectivity index (χ0) is 18.2. The van der Waals surface area contributed by atoms with Gasteiger partial charge in [-0.25, -0.2) is 9.69 Å². The Hall–Kier alpha value is -2.53. The molecule has 1 heterocycles. The molecule has 25 heavy (non-hydrogen) atoms. The number of carbonyl (C=O) groups excluding carboxylic acids is 2. The van der Waals surface area contributed by atoms with E-state index in [1.807, 2.05) is 0 Å². The maximum Gasteiger partial charge on any atom is 0.417 e. The molecule has 1 aliphatic heterocycles. The summed E-state index contributed by atoms with van der Waals surface area (Å²) in [5.74, 6) is -0.471. The van der Waals surface area contributed by atoms with E-state index in [1.165, 1.54) is 0 Å². The van der Waals surface area contributed by atoms with Crippen LogP contribution < -0.4 is 0 Å². The highest BCUT2D eigenvalue weighted by Crippen LogP contribution is 2.32. The van der Waals surface area contributed by atoms with Gasteiger partial charge in [0.2, 0.25) is 5.91 Å². The van der Waals surface area contributed by atoms with Gasteiger partial charge in [-0.2, -0.15) is 8.42 Å². The van der Waals surface area contributed by atoms with Crippen LogP contribution in [0.3, 0.4) is 0 Å². The SMILES string of the molecule is O=C1O[C@@H](COS(=O)(=O)c2ccc([N+](=O)[O-])cc2)CN1C(=O)C1CC1. The van der Waals surface area contributed by atoms with E-state index in [1.54, 1.807) is 0 Å². The van der Waals surface area contributed by atoms with Crippen molar-refractivity contribution in [2.45, 2.75) is 23.8 Å². The van der Waals surface area contributed by atoms with Crippen LogP contribution in [-0.2, 0) is 23.8 Å². The lowest BCUT2D eigenvalue weighted by Gasteiger charge is -2.10. The van der Waals surface area contributed by atoms with Crippen LogP contribution in [0.5, 0.6) is 0 Å². The molecule has 0 spiro atoms. The van der Waals surface area contributed by atoms with Crippen molar-refractivity contribution >= 4 is 27.8 Å². The Bertz CT molecular complexity index is 816. The van der Waals surface area contributed by atoms with Crippen LogP contribution in [0.4, 0.5) is 10.5 Å². The number of non-ortho nitro benzene ring substituents is 1. The Balaban J connectivity index is 1.59. The van der Waals surface area contributed by atoms with Crippen LogP contribution in [-0.4, -0.2) is 49.5 Å². The molecule has 2 amide bonds. The van der Waals surface area contributed by atoms with Crippen molar-refractivity contribution in [3.8, 4) is 0 Å². The molecular formula is C14H14N2O8S. The molecular weight excluding hydrogens is 356 g/mol. The van der Waals surface area contributed by atoms with Gasteiger partial charge in [-0.05, 0) is 25.0 Å². The molecule has 1 aromatic carbocycles. The first-order chi connectivity index (χ1) is 11.8. The smallest absolute Gasteiger partial charge is 0.417 e. The molecule has 0 radical (unpaired) electrons. The molecule has 1 aromatic rings. The number of hydrogen-bond donors (Lipinski definition) is 0. The van der Waals surface area contributed by atoms with Crippen LogP contribution >= 0.6 is 0 Å². The Labute approximate surface area is 142 Å². The number of nitro benzene ring substituents is 1. The predicted octanol–water partition coefficient (Wildman–Crippen LogP) is 1.06. The summed E-state index contributed by atoms with van der Waals surface area (Å²) >= 11 is 0. The summed E-state index contributed by atoms with van der Waals surface area (Å²) < 4.78 is 33.9. The normalized spacial score (nSPS) is 20.4. The number of carbonyl (C=O) groups is 2. The van der Waals surface area contributed by atoms with Gasteiger partial charge >= 0.3 is 6.09 Å². The van der Waals surface area contributed by atoms with Crippen molar-refractivity contribution in [3.63, 3.8) is 0 Å². The van der Waals surface area contributed by atoms with Crippen LogP contribution in [0.25, 0.3) is 0 Å². The van der Waals surface area contributed by atoms with Gasteiger partial charge in [-0.1, -0.05) is 0 Å². The lowest BCUT2D eigenvalue weighted by molar-refractivity contribution is -0.384. The highest BCUT2D eigenvalue weighted by molar-refractivity contribution is 7.86. The van der Waals surface area contributed by atoms with Crippen LogP contribution in [0, 0.1) is 16.0 Å². The first kappa shape index (κ1) is 17.3. The second-order valence-electron chi connectivity index (χ2n) is 5.72. The number of nitrogens with zero attached hydrogens (tertiary/aromatic N) is 2. The summed E-state index contributed by atoms with van der Waals surface area (Å²) in [5.41, 5.74) is -0.252. The summed E-state index contributed by atoms with van der Waals surface area (Å²) in [6.45, 7) is -0.510. The zero-order valence-electron chi connectivity index (χ0n) is 12.9. The number of cyclic esters (lactones) is 1. The fourth-order valence-electron chi connectivity index (χ4n) is 2.31. The third kappa shape index (κ3) is 3.77. The Morgan fingerprint density at radius 3 is 2.52 bits per heavy atom. The van der Waals surface area contributed by atoms with Crippen molar-refractivity contribution in [1.82, 2.24) is 4.90 Å². The monoisotopic (exact) mass is 370 g/mol. The molecule has 0 bridgehead atoms. The summed E-state index contributed by atoms with van der Waals surface area (Å²) in [4.78, 5) is 34.2. The first-order valence-electron chi connectivity index (χ1n) is 7.44. The van der Waals surface area contributed by atoms with E-state index in [9.17, 15) is 28.1 Å². The third-order valence-electron chi connectivity index (χ3n) is 3.81. The molecule has 1 saturated heterocycles. The minimum absolute atomic E-state index is 0.0655. The highest BCUT2D eigenvalue weighted by Gasteiger charge is 2.42. The Morgan fingerprint density at radius 2 is 1.96 bits per heavy atom. The maximum absolute atomic E-state index is 12.1. The van der Waals surface area contributed by atoms with Crippen LogP contribution in [0.15, 0.2) is 29.2 Å². The lowest BCUT2D eigenvalue weighted by atomic mass is 10.3. The average molecular weight is 370 g/mol. The van der Waals surface area contributed by atoms with Gasteiger partial charge in [0.05, 0.1) is 16.4 Å². The molecule has 2 aliphatic rings. The second kappa shape index (κ2) is 6.41. The number of amides is 2. The van der Waals surface area contributed by atoms with Crippen molar-refractivity contribution < 1.29 is 31.9 Å². The Kier molecular flexibility index (Phi) is 4.43. The number of imide groups is 1. The van der Waals surface area contributed by atoms with E-state index < -0.39 is 33.8 Å². The third-order valence-corrected chi connectivity index (χ3v) is 5.11. The summed E-state index contributed by atoms with van der Waals surface area (Å²) in [6, 6.07) is 4.19. The molecule has 1 saturated carbocycles. The van der Waals surface area contributed by atoms with Gasteiger partial charge in [-0.15, -0.1) is 0 Å². The van der Waals surface area contributed by atoms with Gasteiger partial charge in [0.25, 0.3) is 15.8 Å². The number of benzene rings is 1. The lowest BCUT2D eigenvalue weighted by Crippen LogP contribution is -2.34. The molecule has 3 rings (SSSR count). The number of nitro groups is 1. The molecule has 0 aromatic heterocycles. The minimum Gasteiger partial charge on any atom is -0.441 e. The van der Waals surface area contributed by atoms with Crippen molar-refractivity contribution in [3.05, 3.63) is 34.4 Å². The minimum atomic E-state index is -4.17. The van der Waals surface area contributed by atoms with Gasteiger partial charge in [-0.3, -0.25) is 19.1 Å². The molecule has 1 aliphatic carbocycles. The standard InChI is InChI=1S/C14H14N2O8S/c17-13(9-1-2-9)15-7-11(24-14(15)18)8-23-25(21,22)12-5-3-10(4-6-12)16(19)20/h3-6,9,11H,1-2,7-8H2/t11-/m1/s1. The molecule has 134 valence electrons. The van der Waals surface area contributed by atoms with Crippen molar-refractivity contribution in [1.29, 1.82) is 0 Å². The molecule has 1 atom stereocenters. The summed E-state index contributed by atoms with van der Waals surface area (Å²) in [6.07, 6.45) is -0.224. The van der Waals surface area contributed by atoms with E-state index in [2.05, 4.69) is 0 Å². The van der Waals surface area contributed by atoms with Gasteiger partial charge in [0, 0.05) is 18.1 Å². The van der Waals surface area contributed by atoms with Crippen molar-refractivity contribution in [2.75, 3.05) is 13.2 Å². The second-order valence-corrected chi connectivity index (χ2v) is 7.33. The summed E-state index contributed by atoms with van der Waals surface area (Å²) in [7, 11) is -4.17. The number of rotatable bonds is 6. The average Bonchev–Trinajstić information content (AvgIpc) is 3.35. The first-order valence-corrected chi connectivity index (χ1v) is 8.84. The quantitative estimate of drug-likeness (QED) is 0.412. The topological polar surface area (TPSA) is 133 Å².